The van der Waals surface area contributed by atoms with Crippen molar-refractivity contribution in [2.45, 2.75) is 0 Å². The Morgan fingerprint density at radius 3 is 2.18 bits per heavy atom. The van der Waals surface area contributed by atoms with Gasteiger partial charge in [0.15, 0.2) is 6.20 Å². The van der Waals surface area contributed by atoms with Crippen molar-refractivity contribution < 1.29 is 4.98 Å². The molecule has 4 nitrogen and oxygen atoms in total. The molecule has 0 aliphatic rings. The summed E-state index contributed by atoms with van der Waals surface area (Å²) < 4.78 is 0. The van der Waals surface area contributed by atoms with E-state index in [0.29, 0.717) is 0 Å². The van der Waals surface area contributed by atoms with Crippen molar-refractivity contribution in [1.82, 2.24) is 0 Å². The van der Waals surface area contributed by atoms with E-state index in [1.54, 1.807) is 0 Å². The normalized spacial score (nSPS) is 9.41. The van der Waals surface area contributed by atoms with Crippen LogP contribution in [0.5, 0.6) is 0 Å². The van der Waals surface area contributed by atoms with Crippen molar-refractivity contribution in [3.63, 3.8) is 0 Å². The Bertz CT molecular complexity index is 630. The van der Waals surface area contributed by atoms with Gasteiger partial charge in [-0.15, -0.1) is 0 Å². The van der Waals surface area contributed by atoms with Crippen LogP contribution in [0.3, 0.4) is 0 Å². The molecule has 2 aromatic carbocycles. The lowest BCUT2D eigenvalue weighted by Crippen LogP contribution is -2.01. The van der Waals surface area contributed by atoms with Gasteiger partial charge < -0.3 is 11.1 Å². The van der Waals surface area contributed by atoms with E-state index in [-0.39, 0.29) is 0 Å². The lowest BCUT2D eigenvalue weighted by atomic mass is 10.1. The molecule has 0 spiro atoms. The van der Waals surface area contributed by atoms with E-state index in [0.717, 1.165) is 0 Å². The van der Waals surface area contributed by atoms with Crippen LogP contribution in [-0.4, -0.2) is 0 Å². The third kappa shape index (κ3) is 2.17. The number of aromatic nitrogens is 1. The van der Waals surface area contributed by atoms with E-state index in [1.165, 1.54) is 26.6 Å². The summed E-state index contributed by atoms with van der Waals surface area (Å²) in [6, 6.07) is 16.8. The minimum absolute atomic E-state index is 1.19. The summed E-state index contributed by atoms with van der Waals surface area (Å²) in [5.41, 5.74) is 14.7. The Kier molecular flexibility index (Phi) is 3.19. The van der Waals surface area contributed by atoms with Crippen LogP contribution in [0.25, 0.3) is 37.6 Å². The van der Waals surface area contributed by atoms with Crippen LogP contribution < -0.4 is 4.98 Å². The Morgan fingerprint density at radius 1 is 0.824 bits per heavy atom. The summed E-state index contributed by atoms with van der Waals surface area (Å²) in [7, 11) is 0. The van der Waals surface area contributed by atoms with Gasteiger partial charge in [-0.05, 0) is 12.1 Å². The van der Waals surface area contributed by atoms with Gasteiger partial charge >= 0.3 is 0 Å². The first-order chi connectivity index (χ1) is 8.36. The first kappa shape index (κ1) is 10.9. The third-order valence-corrected chi connectivity index (χ3v) is 2.56. The number of H-pyrrole nitrogens is 1. The number of nitrogens with zero attached hydrogens (tertiary/aromatic N) is 3. The minimum atomic E-state index is 1.19. The van der Waals surface area contributed by atoms with Crippen LogP contribution in [-0.2, 0) is 0 Å². The lowest BCUT2D eigenvalue weighted by molar-refractivity contribution is -0.342. The highest BCUT2D eigenvalue weighted by Gasteiger charge is 2.03. The number of nitrogens with one attached hydrogen (secondary N) is 1. The fourth-order valence-electron chi connectivity index (χ4n) is 1.87. The Balaban J connectivity index is 0.000000329. The molecule has 82 valence electrons. The van der Waals surface area contributed by atoms with Gasteiger partial charge in [0.2, 0.25) is 5.52 Å². The molecule has 0 radical (unpaired) electrons. The largest absolute Gasteiger partial charge is 0.373 e. The van der Waals surface area contributed by atoms with E-state index in [2.05, 4.69) is 53.6 Å². The van der Waals surface area contributed by atoms with E-state index >= 15 is 0 Å². The van der Waals surface area contributed by atoms with Gasteiger partial charge in [0.1, 0.15) is 0 Å². The van der Waals surface area contributed by atoms with Crippen molar-refractivity contribution in [1.29, 1.82) is 0 Å². The van der Waals surface area contributed by atoms with Gasteiger partial charge in [0, 0.05) is 16.8 Å². The van der Waals surface area contributed by atoms with Crippen molar-refractivity contribution in [2.24, 2.45) is 0 Å². The molecule has 0 saturated carbocycles. The third-order valence-electron chi connectivity index (χ3n) is 2.56. The number of fused-ring (bicyclic) bond motifs is 3. The monoisotopic (exact) mass is 222 g/mol. The summed E-state index contributed by atoms with van der Waals surface area (Å²) >= 11 is 0. The molecule has 3 rings (SSSR count). The maximum absolute atomic E-state index is 6.75. The maximum atomic E-state index is 6.75. The van der Waals surface area contributed by atoms with E-state index in [9.17, 15) is 0 Å². The van der Waals surface area contributed by atoms with Crippen molar-refractivity contribution >= 4 is 21.7 Å². The standard InChI is InChI=1S/C13H9N.N3/c1-2-6-11-10(5-1)9-14-13-8-4-3-7-12(11)13;1-3-2/h1-9H;/q;-1/p+1. The minimum Gasteiger partial charge on any atom is -0.373 e. The maximum Gasteiger partial charge on any atom is 0.211 e. The van der Waals surface area contributed by atoms with Crippen molar-refractivity contribution in [2.75, 3.05) is 0 Å². The molecule has 17 heavy (non-hydrogen) atoms. The second kappa shape index (κ2) is 4.96. The summed E-state index contributed by atoms with van der Waals surface area (Å²) in [4.78, 5) is 4.79. The number of rotatable bonds is 0. The highest BCUT2D eigenvalue weighted by Crippen LogP contribution is 2.20. The van der Waals surface area contributed by atoms with Gasteiger partial charge in [-0.3, -0.25) is 4.91 Å². The molecule has 3 aromatic rings. The average molecular weight is 222 g/mol. The lowest BCUT2D eigenvalue weighted by Gasteiger charge is -1.97. The summed E-state index contributed by atoms with van der Waals surface area (Å²) in [6.45, 7) is 0. The number of pyridine rings is 1. The van der Waals surface area contributed by atoms with Crippen LogP contribution in [0, 0.1) is 0 Å². The smallest absolute Gasteiger partial charge is 0.211 e. The number of benzene rings is 2. The zero-order valence-corrected chi connectivity index (χ0v) is 9.04. The van der Waals surface area contributed by atoms with Crippen molar-refractivity contribution in [3.05, 3.63) is 70.7 Å². The molecular weight excluding hydrogens is 212 g/mol. The number of aromatic amines is 1. The van der Waals surface area contributed by atoms with Gasteiger partial charge in [-0.2, -0.15) is 0 Å². The molecule has 0 bridgehead atoms. The van der Waals surface area contributed by atoms with Crippen LogP contribution in [0.15, 0.2) is 54.7 Å². The molecule has 0 fully saturated rings. The first-order valence-corrected chi connectivity index (χ1v) is 5.13. The predicted molar refractivity (Wildman–Crippen MR) is 68.1 cm³/mol. The number of para-hydroxylation sites is 1. The highest BCUT2D eigenvalue weighted by molar-refractivity contribution is 6.03. The summed E-state index contributed by atoms with van der Waals surface area (Å²) in [6.07, 6.45) is 2.05. The zero-order chi connectivity index (χ0) is 12.1. The van der Waals surface area contributed by atoms with Crippen molar-refractivity contribution in [3.8, 4) is 0 Å². The first-order valence-electron chi connectivity index (χ1n) is 5.13. The van der Waals surface area contributed by atoms with Crippen LogP contribution in [0.4, 0.5) is 0 Å². The molecule has 0 unspecified atom stereocenters. The predicted octanol–water partition coefficient (Wildman–Crippen LogP) is 3.67. The van der Waals surface area contributed by atoms with Gasteiger partial charge in [-0.1, -0.05) is 30.3 Å². The molecule has 4 heteroatoms. The zero-order valence-electron chi connectivity index (χ0n) is 9.04. The van der Waals surface area contributed by atoms with Crippen LogP contribution in [0.2, 0.25) is 0 Å². The molecular formula is C13H10N4. The number of hydrogen-bond donors (Lipinski definition) is 0. The average Bonchev–Trinajstić information content (AvgIpc) is 2.40. The van der Waals surface area contributed by atoms with E-state index in [1.807, 2.05) is 6.07 Å². The number of hydrogen-bond acceptors (Lipinski definition) is 0. The Morgan fingerprint density at radius 2 is 1.41 bits per heavy atom. The molecule has 0 aliphatic heterocycles. The SMILES string of the molecule is [N-]=[N+]=[N-].c1ccc2c(c1)c[nH+]c1ccccc12. The Hall–Kier alpha value is -2.58. The van der Waals surface area contributed by atoms with E-state index < -0.39 is 0 Å². The van der Waals surface area contributed by atoms with Gasteiger partial charge in [-0.25, -0.2) is 4.98 Å². The van der Waals surface area contributed by atoms with Gasteiger partial charge in [0.05, 0.1) is 5.39 Å². The van der Waals surface area contributed by atoms with Gasteiger partial charge in [0.25, 0.3) is 0 Å². The molecule has 0 aliphatic carbocycles. The molecule has 1 aromatic heterocycles. The second-order valence-electron chi connectivity index (χ2n) is 3.51. The molecule has 1 heterocycles. The van der Waals surface area contributed by atoms with Crippen LogP contribution >= 0.6 is 0 Å². The summed E-state index contributed by atoms with van der Waals surface area (Å²) in [5.74, 6) is 0. The summed E-state index contributed by atoms with van der Waals surface area (Å²) in [5, 5.41) is 3.85. The van der Waals surface area contributed by atoms with Crippen LogP contribution in [0.1, 0.15) is 0 Å². The fourth-order valence-corrected chi connectivity index (χ4v) is 1.87. The topological polar surface area (TPSA) is 72.8 Å². The highest BCUT2D eigenvalue weighted by atomic mass is 15.0. The fraction of sp³-hybridized carbons (Fsp3) is 0. The Labute approximate surface area is 97.9 Å². The molecule has 1 N–H and O–H groups in total. The second-order valence-corrected chi connectivity index (χ2v) is 3.51. The van der Waals surface area contributed by atoms with E-state index in [4.69, 9.17) is 11.1 Å². The molecule has 0 saturated heterocycles. The molecule has 0 atom stereocenters. The molecule has 0 amide bonds. The quantitative estimate of drug-likeness (QED) is 0.241.